The van der Waals surface area contributed by atoms with Crippen LogP contribution in [-0.2, 0) is 0 Å². The molecular weight excluding hydrogens is 240 g/mol. The first-order valence-corrected chi connectivity index (χ1v) is 6.88. The van der Waals surface area contributed by atoms with Crippen LogP contribution in [0.5, 0.6) is 11.5 Å². The number of hydrogen-bond donors (Lipinski definition) is 1. The van der Waals surface area contributed by atoms with Gasteiger partial charge in [-0.2, -0.15) is 0 Å². The normalized spacial score (nSPS) is 18.4. The average molecular weight is 264 g/mol. The molecule has 0 aliphatic carbocycles. The fraction of sp³-hybridized carbons (Fsp3) is 0.600. The molecule has 0 spiro atoms. The molecule has 1 aliphatic rings. The zero-order valence-corrected chi connectivity index (χ0v) is 12.1. The Morgan fingerprint density at radius 2 is 2.16 bits per heavy atom. The molecule has 1 fully saturated rings. The van der Waals surface area contributed by atoms with Crippen molar-refractivity contribution >= 4 is 5.69 Å². The Kier molecular flexibility index (Phi) is 4.91. The van der Waals surface area contributed by atoms with Crippen molar-refractivity contribution in [2.45, 2.75) is 12.8 Å². The Bertz CT molecular complexity index is 403. The van der Waals surface area contributed by atoms with Gasteiger partial charge in [-0.15, -0.1) is 0 Å². The molecule has 106 valence electrons. The van der Waals surface area contributed by atoms with Gasteiger partial charge in [-0.05, 0) is 44.0 Å². The third-order valence-corrected chi connectivity index (χ3v) is 3.83. The highest BCUT2D eigenvalue weighted by atomic mass is 16.5. The SMILES string of the molecule is COc1ccc(N(C)CCC2CCNC2)c(OC)c1. The van der Waals surface area contributed by atoms with E-state index in [9.17, 15) is 0 Å². The average Bonchev–Trinajstić information content (AvgIpc) is 2.97. The molecule has 1 aliphatic heterocycles. The molecule has 1 aromatic rings. The Balaban J connectivity index is 1.98. The van der Waals surface area contributed by atoms with E-state index in [2.05, 4.69) is 23.3 Å². The molecule has 0 saturated carbocycles. The topological polar surface area (TPSA) is 33.7 Å². The minimum atomic E-state index is 0.812. The first-order valence-electron chi connectivity index (χ1n) is 6.88. The number of rotatable bonds is 6. The fourth-order valence-corrected chi connectivity index (χ4v) is 2.56. The number of nitrogens with one attached hydrogen (secondary N) is 1. The summed E-state index contributed by atoms with van der Waals surface area (Å²) in [5, 5.41) is 3.41. The maximum absolute atomic E-state index is 5.45. The van der Waals surface area contributed by atoms with Crippen LogP contribution in [0.2, 0.25) is 0 Å². The van der Waals surface area contributed by atoms with Gasteiger partial charge in [0.2, 0.25) is 0 Å². The Morgan fingerprint density at radius 1 is 1.32 bits per heavy atom. The van der Waals surface area contributed by atoms with Crippen LogP contribution >= 0.6 is 0 Å². The number of benzene rings is 1. The van der Waals surface area contributed by atoms with Crippen LogP contribution in [0.15, 0.2) is 18.2 Å². The fourth-order valence-electron chi connectivity index (χ4n) is 2.56. The second-order valence-electron chi connectivity index (χ2n) is 5.11. The Morgan fingerprint density at radius 3 is 2.79 bits per heavy atom. The lowest BCUT2D eigenvalue weighted by Gasteiger charge is -2.23. The maximum Gasteiger partial charge on any atom is 0.145 e. The van der Waals surface area contributed by atoms with E-state index in [0.29, 0.717) is 0 Å². The van der Waals surface area contributed by atoms with Crippen molar-refractivity contribution in [3.8, 4) is 11.5 Å². The zero-order valence-electron chi connectivity index (χ0n) is 12.1. The molecule has 19 heavy (non-hydrogen) atoms. The predicted molar refractivity (Wildman–Crippen MR) is 78.4 cm³/mol. The molecule has 1 heterocycles. The van der Waals surface area contributed by atoms with Gasteiger partial charge in [-0.1, -0.05) is 0 Å². The number of nitrogens with zero attached hydrogens (tertiary/aromatic N) is 1. The third kappa shape index (κ3) is 3.53. The predicted octanol–water partition coefficient (Wildman–Crippen LogP) is 2.14. The van der Waals surface area contributed by atoms with Gasteiger partial charge in [0, 0.05) is 19.7 Å². The van der Waals surface area contributed by atoms with Crippen LogP contribution in [0.3, 0.4) is 0 Å². The Hall–Kier alpha value is -1.42. The Labute approximate surface area is 115 Å². The molecule has 0 bridgehead atoms. The molecule has 4 heteroatoms. The summed E-state index contributed by atoms with van der Waals surface area (Å²) in [6, 6.07) is 5.97. The summed E-state index contributed by atoms with van der Waals surface area (Å²) in [4.78, 5) is 2.26. The van der Waals surface area contributed by atoms with E-state index in [-0.39, 0.29) is 0 Å². The van der Waals surface area contributed by atoms with Gasteiger partial charge in [-0.3, -0.25) is 0 Å². The zero-order chi connectivity index (χ0) is 13.7. The van der Waals surface area contributed by atoms with Gasteiger partial charge in [-0.25, -0.2) is 0 Å². The van der Waals surface area contributed by atoms with Crippen molar-refractivity contribution in [1.82, 2.24) is 5.32 Å². The van der Waals surface area contributed by atoms with Crippen molar-refractivity contribution in [1.29, 1.82) is 0 Å². The monoisotopic (exact) mass is 264 g/mol. The maximum atomic E-state index is 5.45. The molecule has 0 aromatic heterocycles. The summed E-state index contributed by atoms with van der Waals surface area (Å²) in [7, 11) is 5.49. The second-order valence-corrected chi connectivity index (χ2v) is 5.11. The summed E-state index contributed by atoms with van der Waals surface area (Å²) in [5.41, 5.74) is 1.12. The van der Waals surface area contributed by atoms with Crippen LogP contribution in [-0.4, -0.2) is 40.9 Å². The lowest BCUT2D eigenvalue weighted by molar-refractivity contribution is 0.394. The first kappa shape index (κ1) is 14.0. The van der Waals surface area contributed by atoms with Crippen molar-refractivity contribution in [3.05, 3.63) is 18.2 Å². The van der Waals surface area contributed by atoms with Crippen LogP contribution in [0.4, 0.5) is 5.69 Å². The van der Waals surface area contributed by atoms with Crippen molar-refractivity contribution < 1.29 is 9.47 Å². The number of anilines is 1. The summed E-state index contributed by atoms with van der Waals surface area (Å²) >= 11 is 0. The van der Waals surface area contributed by atoms with Gasteiger partial charge in [0.15, 0.2) is 0 Å². The molecule has 2 rings (SSSR count). The van der Waals surface area contributed by atoms with E-state index < -0.39 is 0 Å². The van der Waals surface area contributed by atoms with E-state index in [1.165, 1.54) is 19.4 Å². The molecule has 0 radical (unpaired) electrons. The van der Waals surface area contributed by atoms with Crippen molar-refractivity contribution in [2.75, 3.05) is 45.8 Å². The highest BCUT2D eigenvalue weighted by Crippen LogP contribution is 2.31. The van der Waals surface area contributed by atoms with Crippen LogP contribution in [0.1, 0.15) is 12.8 Å². The van der Waals surface area contributed by atoms with Gasteiger partial charge >= 0.3 is 0 Å². The van der Waals surface area contributed by atoms with Gasteiger partial charge in [0.05, 0.1) is 19.9 Å². The molecule has 1 saturated heterocycles. The molecule has 4 nitrogen and oxygen atoms in total. The summed E-state index contributed by atoms with van der Waals surface area (Å²) in [5.74, 6) is 2.51. The number of ether oxygens (including phenoxy) is 2. The molecule has 1 N–H and O–H groups in total. The highest BCUT2D eigenvalue weighted by molar-refractivity contribution is 5.60. The molecule has 1 aromatic carbocycles. The lowest BCUT2D eigenvalue weighted by Crippen LogP contribution is -2.22. The quantitative estimate of drug-likeness (QED) is 0.853. The second kappa shape index (κ2) is 6.66. The van der Waals surface area contributed by atoms with Crippen LogP contribution in [0, 0.1) is 5.92 Å². The minimum Gasteiger partial charge on any atom is -0.497 e. The van der Waals surface area contributed by atoms with Crippen molar-refractivity contribution in [3.63, 3.8) is 0 Å². The summed E-state index contributed by atoms with van der Waals surface area (Å²) < 4.78 is 10.7. The first-order chi connectivity index (χ1) is 9.24. The van der Waals surface area contributed by atoms with Gasteiger partial charge < -0.3 is 19.7 Å². The summed E-state index contributed by atoms with van der Waals surface area (Å²) in [6.07, 6.45) is 2.52. The number of methoxy groups -OCH3 is 2. The van der Waals surface area contributed by atoms with Gasteiger partial charge in [0.1, 0.15) is 11.5 Å². The highest BCUT2D eigenvalue weighted by Gasteiger charge is 2.16. The smallest absolute Gasteiger partial charge is 0.145 e. The van der Waals surface area contributed by atoms with E-state index >= 15 is 0 Å². The molecule has 0 amide bonds. The van der Waals surface area contributed by atoms with E-state index in [1.807, 2.05) is 12.1 Å². The van der Waals surface area contributed by atoms with Crippen LogP contribution in [0.25, 0.3) is 0 Å². The van der Waals surface area contributed by atoms with Gasteiger partial charge in [0.25, 0.3) is 0 Å². The molecule has 1 unspecified atom stereocenters. The minimum absolute atomic E-state index is 0.812. The van der Waals surface area contributed by atoms with E-state index in [1.54, 1.807) is 14.2 Å². The van der Waals surface area contributed by atoms with Crippen molar-refractivity contribution in [2.24, 2.45) is 5.92 Å². The van der Waals surface area contributed by atoms with Crippen LogP contribution < -0.4 is 19.7 Å². The third-order valence-electron chi connectivity index (χ3n) is 3.83. The largest absolute Gasteiger partial charge is 0.497 e. The standard InChI is InChI=1S/C15H24N2O2/c1-17(9-7-12-6-8-16-11-12)14-5-4-13(18-2)10-15(14)19-3/h4-5,10,12,16H,6-9,11H2,1-3H3. The van der Waals surface area contributed by atoms with E-state index in [4.69, 9.17) is 9.47 Å². The number of hydrogen-bond acceptors (Lipinski definition) is 4. The molecular formula is C15H24N2O2. The van der Waals surface area contributed by atoms with E-state index in [0.717, 1.165) is 36.2 Å². The molecule has 1 atom stereocenters. The summed E-state index contributed by atoms with van der Waals surface area (Å²) in [6.45, 7) is 3.38. The lowest BCUT2D eigenvalue weighted by atomic mass is 10.0.